The predicted molar refractivity (Wildman–Crippen MR) is 68.9 cm³/mol. The summed E-state index contributed by atoms with van der Waals surface area (Å²) < 4.78 is 4.84. The number of hydrogen-bond donors (Lipinski definition) is 0. The van der Waals surface area contributed by atoms with E-state index in [1.807, 2.05) is 25.1 Å². The van der Waals surface area contributed by atoms with Gasteiger partial charge in [0.05, 0.1) is 0 Å². The summed E-state index contributed by atoms with van der Waals surface area (Å²) in [5.74, 6) is -0.276. The number of nitrogens with zero attached hydrogens (tertiary/aromatic N) is 1. The first-order valence-electron chi connectivity index (χ1n) is 4.17. The highest BCUT2D eigenvalue weighted by atomic mass is 127. The molecule has 0 saturated carbocycles. The summed E-state index contributed by atoms with van der Waals surface area (Å²) in [6.45, 7) is 6.22. The van der Waals surface area contributed by atoms with Gasteiger partial charge in [0.25, 0.3) is 0 Å². The first kappa shape index (κ1) is 16.1. The molecule has 0 fully saturated rings. The zero-order valence-electron chi connectivity index (χ0n) is 8.95. The molecule has 0 rings (SSSR count). The van der Waals surface area contributed by atoms with E-state index in [1.54, 1.807) is 13.0 Å². The van der Waals surface area contributed by atoms with Crippen LogP contribution in [-0.4, -0.2) is 38.1 Å². The molecule has 0 aromatic heterocycles. The van der Waals surface area contributed by atoms with E-state index in [9.17, 15) is 4.79 Å². The molecule has 0 heterocycles. The fourth-order valence-corrected chi connectivity index (χ4v) is 0.651. The molecular weight excluding hydrogens is 293 g/mol. The molecule has 4 heteroatoms. The van der Waals surface area contributed by atoms with Crippen molar-refractivity contribution in [1.29, 1.82) is 0 Å². The summed E-state index contributed by atoms with van der Waals surface area (Å²) in [6.07, 6.45) is 3.39. The summed E-state index contributed by atoms with van der Waals surface area (Å²) >= 11 is 0. The molecule has 0 unspecified atom stereocenters. The van der Waals surface area contributed by atoms with Crippen LogP contribution in [0.2, 0.25) is 0 Å². The molecule has 0 N–H and O–H groups in total. The number of esters is 1. The van der Waals surface area contributed by atoms with Crippen LogP contribution in [0.15, 0.2) is 24.3 Å². The van der Waals surface area contributed by atoms with Gasteiger partial charge in [0.15, 0.2) is 0 Å². The van der Waals surface area contributed by atoms with E-state index in [0.717, 1.165) is 6.54 Å². The van der Waals surface area contributed by atoms with Crippen LogP contribution < -0.4 is 0 Å². The Labute approximate surface area is 103 Å². The Morgan fingerprint density at radius 3 is 2.50 bits per heavy atom. The SMILES string of the molecule is C=CCOC(=O)C(C)=CCN(C)C.I. The fraction of sp³-hybridized carbons (Fsp3) is 0.500. The molecule has 0 bridgehead atoms. The number of rotatable bonds is 5. The van der Waals surface area contributed by atoms with Crippen molar-refractivity contribution in [3.05, 3.63) is 24.3 Å². The Morgan fingerprint density at radius 2 is 2.07 bits per heavy atom. The molecule has 3 nitrogen and oxygen atoms in total. The Balaban J connectivity index is 0. The van der Waals surface area contributed by atoms with Gasteiger partial charge in [-0.15, -0.1) is 24.0 Å². The Kier molecular flexibility index (Phi) is 10.6. The minimum absolute atomic E-state index is 0. The molecule has 0 radical (unpaired) electrons. The molecule has 0 aliphatic heterocycles. The van der Waals surface area contributed by atoms with Gasteiger partial charge in [0, 0.05) is 12.1 Å². The predicted octanol–water partition coefficient (Wildman–Crippen LogP) is 1.84. The van der Waals surface area contributed by atoms with Gasteiger partial charge >= 0.3 is 5.97 Å². The third kappa shape index (κ3) is 8.25. The Morgan fingerprint density at radius 1 is 1.50 bits per heavy atom. The van der Waals surface area contributed by atoms with Gasteiger partial charge in [-0.25, -0.2) is 4.79 Å². The van der Waals surface area contributed by atoms with Gasteiger partial charge in [-0.3, -0.25) is 0 Å². The lowest BCUT2D eigenvalue weighted by Gasteiger charge is -2.06. The molecule has 0 saturated heterocycles. The first-order valence-corrected chi connectivity index (χ1v) is 4.17. The molecule has 0 aromatic rings. The monoisotopic (exact) mass is 311 g/mol. The molecule has 0 aromatic carbocycles. The zero-order valence-corrected chi connectivity index (χ0v) is 11.3. The average molecular weight is 311 g/mol. The molecule has 82 valence electrons. The van der Waals surface area contributed by atoms with Crippen molar-refractivity contribution in [2.24, 2.45) is 0 Å². The van der Waals surface area contributed by atoms with Crippen LogP contribution in [0.5, 0.6) is 0 Å². The second kappa shape index (κ2) is 9.21. The van der Waals surface area contributed by atoms with Crippen molar-refractivity contribution in [2.75, 3.05) is 27.2 Å². The maximum atomic E-state index is 11.2. The van der Waals surface area contributed by atoms with Crippen molar-refractivity contribution in [1.82, 2.24) is 4.90 Å². The fourth-order valence-electron chi connectivity index (χ4n) is 0.651. The third-order valence-electron chi connectivity index (χ3n) is 1.42. The number of carbonyl (C=O) groups excluding carboxylic acids is 1. The highest BCUT2D eigenvalue weighted by molar-refractivity contribution is 14.0. The van der Waals surface area contributed by atoms with Crippen LogP contribution in [0.25, 0.3) is 0 Å². The van der Waals surface area contributed by atoms with Crippen molar-refractivity contribution in [3.63, 3.8) is 0 Å². The van der Waals surface area contributed by atoms with E-state index in [2.05, 4.69) is 6.58 Å². The largest absolute Gasteiger partial charge is 0.458 e. The van der Waals surface area contributed by atoms with E-state index >= 15 is 0 Å². The van der Waals surface area contributed by atoms with E-state index in [4.69, 9.17) is 4.74 Å². The summed E-state index contributed by atoms with van der Waals surface area (Å²) in [5.41, 5.74) is 0.635. The van der Waals surface area contributed by atoms with Gasteiger partial charge in [0.2, 0.25) is 0 Å². The topological polar surface area (TPSA) is 29.5 Å². The van der Waals surface area contributed by atoms with Crippen LogP contribution in [-0.2, 0) is 9.53 Å². The second-order valence-corrected chi connectivity index (χ2v) is 3.04. The first-order chi connectivity index (χ1) is 6.07. The van der Waals surface area contributed by atoms with Gasteiger partial charge in [-0.05, 0) is 21.0 Å². The summed E-state index contributed by atoms with van der Waals surface area (Å²) in [7, 11) is 3.89. The lowest BCUT2D eigenvalue weighted by molar-refractivity contribution is -0.137. The number of ether oxygens (including phenoxy) is 1. The van der Waals surface area contributed by atoms with E-state index in [-0.39, 0.29) is 36.6 Å². The van der Waals surface area contributed by atoms with Crippen molar-refractivity contribution >= 4 is 29.9 Å². The van der Waals surface area contributed by atoms with E-state index in [1.165, 1.54) is 0 Å². The smallest absolute Gasteiger partial charge is 0.333 e. The molecule has 0 aliphatic carbocycles. The van der Waals surface area contributed by atoms with Crippen molar-refractivity contribution in [3.8, 4) is 0 Å². The number of hydrogen-bond acceptors (Lipinski definition) is 3. The van der Waals surface area contributed by atoms with E-state index < -0.39 is 0 Å². The standard InChI is InChI=1S/C10H17NO2.HI/c1-5-8-13-10(12)9(2)6-7-11(3)4;/h5-6H,1,7-8H2,2-4H3;1H. The second-order valence-electron chi connectivity index (χ2n) is 3.04. The molecular formula is C10H18INO2. The average Bonchev–Trinajstić information content (AvgIpc) is 2.10. The number of likely N-dealkylation sites (N-methyl/N-ethyl adjacent to an activating group) is 1. The zero-order chi connectivity index (χ0) is 10.3. The van der Waals surface area contributed by atoms with Gasteiger partial charge in [-0.1, -0.05) is 18.7 Å². The minimum Gasteiger partial charge on any atom is -0.458 e. The van der Waals surface area contributed by atoms with Crippen LogP contribution in [0.4, 0.5) is 0 Å². The van der Waals surface area contributed by atoms with Gasteiger partial charge in [0.1, 0.15) is 6.61 Å². The van der Waals surface area contributed by atoms with Crippen LogP contribution >= 0.6 is 24.0 Å². The lowest BCUT2D eigenvalue weighted by atomic mass is 10.3. The Bertz CT molecular complexity index is 212. The Hall–Kier alpha value is -0.360. The molecule has 0 amide bonds. The highest BCUT2D eigenvalue weighted by Gasteiger charge is 2.03. The van der Waals surface area contributed by atoms with Crippen molar-refractivity contribution in [2.45, 2.75) is 6.92 Å². The molecule has 0 spiro atoms. The van der Waals surface area contributed by atoms with Crippen LogP contribution in [0, 0.1) is 0 Å². The quantitative estimate of drug-likeness (QED) is 0.336. The summed E-state index contributed by atoms with van der Waals surface area (Å²) in [5, 5.41) is 0. The van der Waals surface area contributed by atoms with Crippen LogP contribution in [0.3, 0.4) is 0 Å². The summed E-state index contributed by atoms with van der Waals surface area (Å²) in [4.78, 5) is 13.1. The summed E-state index contributed by atoms with van der Waals surface area (Å²) in [6, 6.07) is 0. The maximum Gasteiger partial charge on any atom is 0.333 e. The molecule has 14 heavy (non-hydrogen) atoms. The highest BCUT2D eigenvalue weighted by Crippen LogP contribution is 1.96. The van der Waals surface area contributed by atoms with Crippen LogP contribution in [0.1, 0.15) is 6.92 Å². The van der Waals surface area contributed by atoms with Gasteiger partial charge < -0.3 is 9.64 Å². The van der Waals surface area contributed by atoms with Crippen molar-refractivity contribution < 1.29 is 9.53 Å². The number of halogens is 1. The number of carbonyl (C=O) groups is 1. The normalized spacial score (nSPS) is 10.7. The third-order valence-corrected chi connectivity index (χ3v) is 1.42. The minimum atomic E-state index is -0.276. The maximum absolute atomic E-state index is 11.2. The lowest BCUT2D eigenvalue weighted by Crippen LogP contribution is -2.13. The molecule has 0 aliphatic rings. The molecule has 0 atom stereocenters. The van der Waals surface area contributed by atoms with Gasteiger partial charge in [-0.2, -0.15) is 0 Å². The van der Waals surface area contributed by atoms with E-state index in [0.29, 0.717) is 5.57 Å².